The molecule has 0 radical (unpaired) electrons. The van der Waals surface area contributed by atoms with Gasteiger partial charge in [0.05, 0.1) is 0 Å². The van der Waals surface area contributed by atoms with Crippen LogP contribution in [0, 0.1) is 5.92 Å². The van der Waals surface area contributed by atoms with Gasteiger partial charge in [0, 0.05) is 19.3 Å². The fourth-order valence-corrected chi connectivity index (χ4v) is 6.63. The van der Waals surface area contributed by atoms with Crippen LogP contribution in [0.15, 0.2) is 0 Å². The fourth-order valence-electron chi connectivity index (χ4n) is 6.63. The van der Waals surface area contributed by atoms with E-state index in [1.165, 1.54) is 141 Å². The molecular weight excluding hydrogens is 636 g/mol. The molecule has 6 nitrogen and oxygen atoms in total. The van der Waals surface area contributed by atoms with Crippen LogP contribution in [-0.2, 0) is 28.6 Å². The van der Waals surface area contributed by atoms with Crippen LogP contribution in [0.25, 0.3) is 0 Å². The third-order valence-electron chi connectivity index (χ3n) is 10.0. The van der Waals surface area contributed by atoms with Crippen LogP contribution >= 0.6 is 0 Å². The van der Waals surface area contributed by atoms with Crippen molar-refractivity contribution in [2.75, 3.05) is 13.2 Å². The summed E-state index contributed by atoms with van der Waals surface area (Å²) in [6, 6.07) is 0. The zero-order chi connectivity index (χ0) is 37.5. The summed E-state index contributed by atoms with van der Waals surface area (Å²) in [7, 11) is 0. The van der Waals surface area contributed by atoms with Crippen LogP contribution in [0.3, 0.4) is 0 Å². The number of carbonyl (C=O) groups is 3. The van der Waals surface area contributed by atoms with E-state index in [9.17, 15) is 14.4 Å². The normalized spacial score (nSPS) is 11.9. The van der Waals surface area contributed by atoms with Crippen LogP contribution in [0.1, 0.15) is 246 Å². The van der Waals surface area contributed by atoms with Gasteiger partial charge in [-0.15, -0.1) is 0 Å². The van der Waals surface area contributed by atoms with Crippen molar-refractivity contribution in [1.82, 2.24) is 0 Å². The Labute approximate surface area is 317 Å². The number of unbranched alkanes of at least 4 members (excludes halogenated alkanes) is 27. The van der Waals surface area contributed by atoms with Crippen molar-refractivity contribution < 1.29 is 28.6 Å². The Bertz CT molecular complexity index is 766. The third-order valence-corrected chi connectivity index (χ3v) is 10.0. The second-order valence-corrected chi connectivity index (χ2v) is 15.8. The smallest absolute Gasteiger partial charge is 0.306 e. The molecule has 0 fully saturated rings. The summed E-state index contributed by atoms with van der Waals surface area (Å²) in [4.78, 5) is 37.5. The van der Waals surface area contributed by atoms with Crippen LogP contribution < -0.4 is 0 Å². The van der Waals surface area contributed by atoms with Gasteiger partial charge in [0.25, 0.3) is 0 Å². The Morgan fingerprint density at radius 1 is 0.373 bits per heavy atom. The highest BCUT2D eigenvalue weighted by molar-refractivity contribution is 5.71. The number of hydrogen-bond donors (Lipinski definition) is 0. The van der Waals surface area contributed by atoms with Gasteiger partial charge >= 0.3 is 17.9 Å². The topological polar surface area (TPSA) is 78.9 Å². The zero-order valence-corrected chi connectivity index (χ0v) is 34.6. The third kappa shape index (κ3) is 39.5. The molecule has 0 aliphatic heterocycles. The summed E-state index contributed by atoms with van der Waals surface area (Å²) in [6.07, 6.45) is 38.2. The molecule has 0 spiro atoms. The molecule has 0 N–H and O–H groups in total. The standard InChI is InChI=1S/C45H86O6/c1-5-7-9-11-13-20-25-28-32-36-43(46)49-39-42(51-45(48)38-34-30-23-12-10-8-6-2)40-50-44(47)37-33-29-26-22-19-17-15-14-16-18-21-24-27-31-35-41(3)4/h41-42H,5-40H2,1-4H3/t42-/m0/s1. The Morgan fingerprint density at radius 2 is 0.647 bits per heavy atom. The van der Waals surface area contributed by atoms with E-state index in [2.05, 4.69) is 27.7 Å². The number of ether oxygens (including phenoxy) is 3. The van der Waals surface area contributed by atoms with E-state index in [1.54, 1.807) is 0 Å². The highest BCUT2D eigenvalue weighted by Gasteiger charge is 2.19. The van der Waals surface area contributed by atoms with Gasteiger partial charge in [-0.1, -0.05) is 207 Å². The second-order valence-electron chi connectivity index (χ2n) is 15.8. The molecule has 6 heteroatoms. The lowest BCUT2D eigenvalue weighted by Gasteiger charge is -2.18. The number of hydrogen-bond acceptors (Lipinski definition) is 6. The minimum Gasteiger partial charge on any atom is -0.462 e. The highest BCUT2D eigenvalue weighted by atomic mass is 16.6. The first-order valence-corrected chi connectivity index (χ1v) is 22.4. The van der Waals surface area contributed by atoms with Crippen molar-refractivity contribution in [3.05, 3.63) is 0 Å². The lowest BCUT2D eigenvalue weighted by atomic mass is 10.0. The number of carbonyl (C=O) groups excluding carboxylic acids is 3. The van der Waals surface area contributed by atoms with Gasteiger partial charge in [-0.25, -0.2) is 0 Å². The first-order valence-electron chi connectivity index (χ1n) is 22.4. The van der Waals surface area contributed by atoms with Crippen LogP contribution in [0.4, 0.5) is 0 Å². The van der Waals surface area contributed by atoms with E-state index < -0.39 is 6.10 Å². The Morgan fingerprint density at radius 3 is 0.961 bits per heavy atom. The first-order chi connectivity index (χ1) is 24.9. The molecule has 0 aromatic carbocycles. The van der Waals surface area contributed by atoms with Gasteiger partial charge in [-0.2, -0.15) is 0 Å². The van der Waals surface area contributed by atoms with Gasteiger partial charge in [-0.05, 0) is 25.2 Å². The van der Waals surface area contributed by atoms with Gasteiger partial charge in [0.2, 0.25) is 0 Å². The van der Waals surface area contributed by atoms with Crippen molar-refractivity contribution in [2.45, 2.75) is 252 Å². The molecule has 0 aromatic rings. The lowest BCUT2D eigenvalue weighted by Crippen LogP contribution is -2.30. The van der Waals surface area contributed by atoms with E-state index in [4.69, 9.17) is 14.2 Å². The summed E-state index contributed by atoms with van der Waals surface area (Å²) < 4.78 is 16.6. The van der Waals surface area contributed by atoms with Crippen molar-refractivity contribution in [2.24, 2.45) is 5.92 Å². The molecule has 0 aliphatic rings. The largest absolute Gasteiger partial charge is 0.462 e. The van der Waals surface area contributed by atoms with E-state index in [1.807, 2.05) is 0 Å². The van der Waals surface area contributed by atoms with Crippen molar-refractivity contribution >= 4 is 17.9 Å². The summed E-state index contributed by atoms with van der Waals surface area (Å²) in [5, 5.41) is 0. The molecule has 0 rings (SSSR count). The number of esters is 3. The van der Waals surface area contributed by atoms with Crippen molar-refractivity contribution in [3.63, 3.8) is 0 Å². The van der Waals surface area contributed by atoms with Gasteiger partial charge in [0.15, 0.2) is 6.10 Å². The average molecular weight is 723 g/mol. The summed E-state index contributed by atoms with van der Waals surface area (Å²) in [5.74, 6) is -0.0195. The summed E-state index contributed by atoms with van der Waals surface area (Å²) in [6.45, 7) is 8.95. The molecule has 1 atom stereocenters. The molecular formula is C45H86O6. The van der Waals surface area contributed by atoms with E-state index >= 15 is 0 Å². The molecule has 0 bridgehead atoms. The average Bonchev–Trinajstić information content (AvgIpc) is 3.11. The molecule has 302 valence electrons. The molecule has 0 heterocycles. The second kappa shape index (κ2) is 39.6. The molecule has 0 aromatic heterocycles. The summed E-state index contributed by atoms with van der Waals surface area (Å²) in [5.41, 5.74) is 0. The summed E-state index contributed by atoms with van der Waals surface area (Å²) >= 11 is 0. The maximum Gasteiger partial charge on any atom is 0.306 e. The molecule has 0 aliphatic carbocycles. The number of rotatable bonds is 40. The predicted molar refractivity (Wildman–Crippen MR) is 215 cm³/mol. The predicted octanol–water partition coefficient (Wildman–Crippen LogP) is 13.9. The first kappa shape index (κ1) is 49.4. The Balaban J connectivity index is 4.17. The quantitative estimate of drug-likeness (QED) is 0.0356. The Hall–Kier alpha value is -1.59. The van der Waals surface area contributed by atoms with E-state index in [-0.39, 0.29) is 31.1 Å². The molecule has 0 saturated heterocycles. The molecule has 51 heavy (non-hydrogen) atoms. The minimum atomic E-state index is -0.757. The van der Waals surface area contributed by atoms with E-state index in [0.29, 0.717) is 19.3 Å². The van der Waals surface area contributed by atoms with Crippen molar-refractivity contribution in [3.8, 4) is 0 Å². The SMILES string of the molecule is CCCCCCCCCCCC(=O)OC[C@@H](COC(=O)CCCCCCCCCCCCCCCCC(C)C)OC(=O)CCCCCCCCC. The minimum absolute atomic E-state index is 0.0644. The van der Waals surface area contributed by atoms with Gasteiger partial charge in [-0.3, -0.25) is 14.4 Å². The highest BCUT2D eigenvalue weighted by Crippen LogP contribution is 2.16. The van der Waals surface area contributed by atoms with Crippen LogP contribution in [-0.4, -0.2) is 37.2 Å². The maximum atomic E-state index is 12.6. The lowest BCUT2D eigenvalue weighted by molar-refractivity contribution is -0.167. The van der Waals surface area contributed by atoms with Gasteiger partial charge in [0.1, 0.15) is 13.2 Å². The molecule has 0 unspecified atom stereocenters. The molecule has 0 saturated carbocycles. The maximum absolute atomic E-state index is 12.6. The van der Waals surface area contributed by atoms with Crippen LogP contribution in [0.2, 0.25) is 0 Å². The monoisotopic (exact) mass is 723 g/mol. The van der Waals surface area contributed by atoms with Crippen molar-refractivity contribution in [1.29, 1.82) is 0 Å². The Kier molecular flexibility index (Phi) is 38.4. The van der Waals surface area contributed by atoms with E-state index in [0.717, 1.165) is 63.7 Å². The fraction of sp³-hybridized carbons (Fsp3) is 0.933. The van der Waals surface area contributed by atoms with Crippen LogP contribution in [0.5, 0.6) is 0 Å². The zero-order valence-electron chi connectivity index (χ0n) is 34.6. The molecule has 0 amide bonds. The van der Waals surface area contributed by atoms with Gasteiger partial charge < -0.3 is 14.2 Å².